The maximum atomic E-state index is 6.01. The van der Waals surface area contributed by atoms with Crippen molar-refractivity contribution in [3.05, 3.63) is 40.5 Å². The molecule has 118 valence electrons. The van der Waals surface area contributed by atoms with E-state index in [0.717, 1.165) is 37.3 Å². The lowest BCUT2D eigenvalue weighted by Crippen LogP contribution is -2.35. The third kappa shape index (κ3) is 2.96. The second kappa shape index (κ2) is 5.94. The van der Waals surface area contributed by atoms with Crippen LogP contribution in [0.1, 0.15) is 23.8 Å². The minimum atomic E-state index is 0.217. The molecule has 1 fully saturated rings. The van der Waals surface area contributed by atoms with E-state index < -0.39 is 0 Å². The number of piperidine rings is 1. The summed E-state index contributed by atoms with van der Waals surface area (Å²) >= 11 is 7.79. The second-order valence-corrected chi connectivity index (χ2v) is 7.16. The highest BCUT2D eigenvalue weighted by atomic mass is 35.5. The summed E-state index contributed by atoms with van der Waals surface area (Å²) in [6.45, 7) is 1.83. The van der Waals surface area contributed by atoms with Gasteiger partial charge in [0.05, 0.1) is 15.2 Å². The molecule has 1 aliphatic rings. The first-order chi connectivity index (χ1) is 11.2. The van der Waals surface area contributed by atoms with Crippen LogP contribution in [0.3, 0.4) is 0 Å². The summed E-state index contributed by atoms with van der Waals surface area (Å²) in [6, 6.07) is 10.1. The third-order valence-electron chi connectivity index (χ3n) is 4.10. The molecule has 1 saturated heterocycles. The Morgan fingerprint density at radius 1 is 1.22 bits per heavy atom. The van der Waals surface area contributed by atoms with Crippen LogP contribution in [0.25, 0.3) is 10.2 Å². The van der Waals surface area contributed by atoms with Gasteiger partial charge in [-0.25, -0.2) is 9.97 Å². The average Bonchev–Trinajstić information content (AvgIpc) is 2.98. The van der Waals surface area contributed by atoms with Crippen molar-refractivity contribution in [2.75, 3.05) is 23.7 Å². The minimum Gasteiger partial charge on any atom is -0.368 e. The van der Waals surface area contributed by atoms with Crippen LogP contribution in [-0.4, -0.2) is 28.0 Å². The molecule has 5 nitrogen and oxygen atoms in total. The molecule has 0 spiro atoms. The van der Waals surface area contributed by atoms with Crippen LogP contribution >= 0.6 is 22.9 Å². The number of benzene rings is 1. The van der Waals surface area contributed by atoms with Crippen molar-refractivity contribution in [3.8, 4) is 0 Å². The Morgan fingerprint density at radius 3 is 2.91 bits per heavy atom. The molecular formula is C16H16ClN5S. The number of fused-ring (bicyclic) bond motifs is 1. The molecule has 3 heterocycles. The largest absolute Gasteiger partial charge is 0.368 e. The number of para-hydroxylation sites is 1. The SMILES string of the molecule is Nc1nc(Cl)cc(N2CCCC(c3nc4ccccc4s3)C2)n1. The van der Waals surface area contributed by atoms with E-state index in [4.69, 9.17) is 22.3 Å². The number of halogens is 1. The van der Waals surface area contributed by atoms with E-state index >= 15 is 0 Å². The standard InChI is InChI=1S/C16H16ClN5S/c17-13-8-14(21-16(18)20-13)22-7-3-4-10(9-22)15-19-11-5-1-2-6-12(11)23-15/h1-2,5-6,8,10H,3-4,7,9H2,(H2,18,20,21). The molecule has 7 heteroatoms. The fourth-order valence-corrected chi connectivity index (χ4v) is 4.31. The second-order valence-electron chi connectivity index (χ2n) is 5.71. The maximum Gasteiger partial charge on any atom is 0.223 e. The third-order valence-corrected chi connectivity index (χ3v) is 5.50. The van der Waals surface area contributed by atoms with E-state index in [2.05, 4.69) is 33.1 Å². The Hall–Kier alpha value is -1.92. The number of anilines is 2. The van der Waals surface area contributed by atoms with Crippen LogP contribution in [0.4, 0.5) is 11.8 Å². The predicted molar refractivity (Wildman–Crippen MR) is 95.3 cm³/mol. The molecule has 1 atom stereocenters. The molecule has 23 heavy (non-hydrogen) atoms. The predicted octanol–water partition coefficient (Wildman–Crippen LogP) is 3.71. The van der Waals surface area contributed by atoms with Gasteiger partial charge in [-0.3, -0.25) is 0 Å². The normalized spacial score (nSPS) is 18.5. The van der Waals surface area contributed by atoms with Crippen LogP contribution in [-0.2, 0) is 0 Å². The van der Waals surface area contributed by atoms with Crippen LogP contribution in [0.5, 0.6) is 0 Å². The average molecular weight is 346 g/mol. The van der Waals surface area contributed by atoms with Gasteiger partial charge in [-0.15, -0.1) is 11.3 Å². The van der Waals surface area contributed by atoms with Gasteiger partial charge in [0.2, 0.25) is 5.95 Å². The fraction of sp³-hybridized carbons (Fsp3) is 0.312. The Morgan fingerprint density at radius 2 is 2.09 bits per heavy atom. The van der Waals surface area contributed by atoms with Crippen molar-refractivity contribution < 1.29 is 0 Å². The molecule has 2 aromatic heterocycles. The zero-order chi connectivity index (χ0) is 15.8. The molecule has 0 amide bonds. The van der Waals surface area contributed by atoms with Crippen molar-refractivity contribution in [1.29, 1.82) is 0 Å². The monoisotopic (exact) mass is 345 g/mol. The molecular weight excluding hydrogens is 330 g/mol. The minimum absolute atomic E-state index is 0.217. The molecule has 1 aromatic carbocycles. The van der Waals surface area contributed by atoms with Gasteiger partial charge < -0.3 is 10.6 Å². The molecule has 0 radical (unpaired) electrons. The quantitative estimate of drug-likeness (QED) is 0.717. The van der Waals surface area contributed by atoms with Gasteiger partial charge in [0, 0.05) is 25.1 Å². The smallest absolute Gasteiger partial charge is 0.223 e. The summed E-state index contributed by atoms with van der Waals surface area (Å²) < 4.78 is 1.24. The number of thiazole rings is 1. The van der Waals surface area contributed by atoms with Crippen molar-refractivity contribution in [1.82, 2.24) is 15.0 Å². The summed E-state index contributed by atoms with van der Waals surface area (Å²) in [5.41, 5.74) is 6.80. The van der Waals surface area contributed by atoms with Crippen molar-refractivity contribution >= 4 is 44.9 Å². The summed E-state index contributed by atoms with van der Waals surface area (Å²) in [5.74, 6) is 1.43. The highest BCUT2D eigenvalue weighted by molar-refractivity contribution is 7.18. The van der Waals surface area contributed by atoms with E-state index in [9.17, 15) is 0 Å². The summed E-state index contributed by atoms with van der Waals surface area (Å²) in [7, 11) is 0. The summed E-state index contributed by atoms with van der Waals surface area (Å²) in [6.07, 6.45) is 2.24. The number of hydrogen-bond acceptors (Lipinski definition) is 6. The van der Waals surface area contributed by atoms with E-state index in [1.54, 1.807) is 17.4 Å². The van der Waals surface area contributed by atoms with Crippen LogP contribution in [0, 0.1) is 0 Å². The van der Waals surface area contributed by atoms with Crippen molar-refractivity contribution in [2.45, 2.75) is 18.8 Å². The van der Waals surface area contributed by atoms with Gasteiger partial charge >= 0.3 is 0 Å². The van der Waals surface area contributed by atoms with Crippen LogP contribution in [0.2, 0.25) is 5.15 Å². The highest BCUT2D eigenvalue weighted by Crippen LogP contribution is 2.34. The fourth-order valence-electron chi connectivity index (χ4n) is 3.04. The van der Waals surface area contributed by atoms with E-state index in [1.807, 2.05) is 6.07 Å². The Labute approximate surface area is 143 Å². The van der Waals surface area contributed by atoms with E-state index in [-0.39, 0.29) is 5.95 Å². The molecule has 0 saturated carbocycles. The van der Waals surface area contributed by atoms with Gasteiger partial charge in [0.15, 0.2) is 0 Å². The number of nitrogens with two attached hydrogens (primary N) is 1. The molecule has 0 aliphatic carbocycles. The van der Waals surface area contributed by atoms with E-state index in [0.29, 0.717) is 11.1 Å². The molecule has 2 N–H and O–H groups in total. The number of nitrogens with zero attached hydrogens (tertiary/aromatic N) is 4. The zero-order valence-corrected chi connectivity index (χ0v) is 14.0. The summed E-state index contributed by atoms with van der Waals surface area (Å²) in [4.78, 5) is 15.3. The number of hydrogen-bond donors (Lipinski definition) is 1. The van der Waals surface area contributed by atoms with Gasteiger partial charge in [-0.2, -0.15) is 4.98 Å². The lowest BCUT2D eigenvalue weighted by molar-refractivity contribution is 0.506. The zero-order valence-electron chi connectivity index (χ0n) is 12.4. The molecule has 1 aliphatic heterocycles. The number of rotatable bonds is 2. The van der Waals surface area contributed by atoms with Crippen LogP contribution < -0.4 is 10.6 Å². The lowest BCUT2D eigenvalue weighted by atomic mass is 9.99. The van der Waals surface area contributed by atoms with E-state index in [1.165, 1.54) is 9.71 Å². The van der Waals surface area contributed by atoms with Gasteiger partial charge in [-0.05, 0) is 25.0 Å². The Balaban J connectivity index is 1.61. The molecule has 3 aromatic rings. The van der Waals surface area contributed by atoms with Gasteiger partial charge in [0.25, 0.3) is 0 Å². The highest BCUT2D eigenvalue weighted by Gasteiger charge is 2.25. The van der Waals surface area contributed by atoms with Gasteiger partial charge in [-0.1, -0.05) is 23.7 Å². The summed E-state index contributed by atoms with van der Waals surface area (Å²) in [5, 5.41) is 1.58. The van der Waals surface area contributed by atoms with Crippen molar-refractivity contribution in [2.24, 2.45) is 0 Å². The first-order valence-corrected chi connectivity index (χ1v) is 8.79. The lowest BCUT2D eigenvalue weighted by Gasteiger charge is -2.32. The molecule has 1 unspecified atom stereocenters. The number of nitrogen functional groups attached to an aromatic ring is 1. The van der Waals surface area contributed by atoms with Crippen molar-refractivity contribution in [3.63, 3.8) is 0 Å². The van der Waals surface area contributed by atoms with Crippen LogP contribution in [0.15, 0.2) is 30.3 Å². The molecule has 4 rings (SSSR count). The van der Waals surface area contributed by atoms with Gasteiger partial charge in [0.1, 0.15) is 11.0 Å². The molecule has 0 bridgehead atoms. The topological polar surface area (TPSA) is 67.9 Å². The Bertz CT molecular complexity index is 796. The Kier molecular flexibility index (Phi) is 3.79. The maximum absolute atomic E-state index is 6.01. The first kappa shape index (κ1) is 14.7. The first-order valence-electron chi connectivity index (χ1n) is 7.59. The number of aromatic nitrogens is 3.